The van der Waals surface area contributed by atoms with E-state index in [4.69, 9.17) is 28.4 Å². The molecule has 0 N–H and O–H groups in total. The highest BCUT2D eigenvalue weighted by Gasteiger charge is 2.65. The molecule has 14 aliphatic rings. The molecule has 58 heavy (non-hydrogen) atoms. The number of hydrogen-bond donors (Lipinski definition) is 0. The van der Waals surface area contributed by atoms with Crippen LogP contribution in [0.3, 0.4) is 0 Å². The topological polar surface area (TPSA) is 55.4 Å². The lowest BCUT2D eigenvalue weighted by molar-refractivity contribution is -0.244. The van der Waals surface area contributed by atoms with E-state index in [0.717, 1.165) is 85.6 Å². The molecule has 6 aliphatic heterocycles. The first-order valence-corrected chi connectivity index (χ1v) is 23.4. The van der Waals surface area contributed by atoms with Gasteiger partial charge in [0.1, 0.15) is 11.2 Å². The van der Waals surface area contributed by atoms with Crippen LogP contribution in [0.15, 0.2) is 98.0 Å². The van der Waals surface area contributed by atoms with Gasteiger partial charge in [0, 0.05) is 60.2 Å². The quantitative estimate of drug-likeness (QED) is 0.247. The first kappa shape index (κ1) is 38.0. The van der Waals surface area contributed by atoms with E-state index in [-0.39, 0.29) is 22.8 Å². The predicted molar refractivity (Wildman–Crippen MR) is 225 cm³/mol. The summed E-state index contributed by atoms with van der Waals surface area (Å²) in [5.74, 6) is 14.0. The van der Waals surface area contributed by atoms with Gasteiger partial charge in [-0.3, -0.25) is 0 Å². The van der Waals surface area contributed by atoms with E-state index in [2.05, 4.69) is 103 Å². The average molecular weight is 789 g/mol. The molecule has 6 heteroatoms. The summed E-state index contributed by atoms with van der Waals surface area (Å²) >= 11 is 0. The molecule has 6 nitrogen and oxygen atoms in total. The van der Waals surface area contributed by atoms with Crippen molar-refractivity contribution in [3.8, 4) is 0 Å². The van der Waals surface area contributed by atoms with Crippen molar-refractivity contribution < 1.29 is 28.4 Å². The van der Waals surface area contributed by atoms with Crippen LogP contribution in [0.25, 0.3) is 0 Å². The Bertz CT molecular complexity index is 1870. The molecule has 4 saturated carbocycles. The molecule has 10 fully saturated rings. The van der Waals surface area contributed by atoms with Gasteiger partial charge in [0.2, 0.25) is 11.6 Å². The number of fused-ring (bicyclic) bond motifs is 22. The zero-order valence-corrected chi connectivity index (χ0v) is 35.6. The molecule has 0 aromatic rings. The lowest BCUT2D eigenvalue weighted by Crippen LogP contribution is -2.44. The second-order valence-corrected chi connectivity index (χ2v) is 21.4. The fourth-order valence-corrected chi connectivity index (χ4v) is 16.1. The summed E-state index contributed by atoms with van der Waals surface area (Å²) in [5, 5.41) is 0. The maximum absolute atomic E-state index is 6.08. The monoisotopic (exact) mass is 789 g/mol. The Balaban J connectivity index is 0.0000000889. The molecule has 8 aliphatic carbocycles. The van der Waals surface area contributed by atoms with E-state index >= 15 is 0 Å². The molecule has 0 aromatic carbocycles. The first-order chi connectivity index (χ1) is 27.9. The van der Waals surface area contributed by atoms with Crippen molar-refractivity contribution in [3.05, 3.63) is 98.0 Å². The van der Waals surface area contributed by atoms with Gasteiger partial charge in [0.25, 0.3) is 0 Å². The van der Waals surface area contributed by atoms with Crippen molar-refractivity contribution in [1.29, 1.82) is 0 Å². The molecule has 6 saturated heterocycles. The fourth-order valence-electron chi connectivity index (χ4n) is 16.1. The predicted octanol–water partition coefficient (Wildman–Crippen LogP) is 11.2. The van der Waals surface area contributed by atoms with E-state index in [0.29, 0.717) is 71.0 Å². The highest BCUT2D eigenvalue weighted by atomic mass is 16.7. The Labute approximate surface area is 347 Å². The number of rotatable bonds is 1. The third-order valence-corrected chi connectivity index (χ3v) is 18.2. The molecule has 312 valence electrons. The Hall–Kier alpha value is -2.96. The minimum absolute atomic E-state index is 0.0198. The van der Waals surface area contributed by atoms with Gasteiger partial charge in [-0.15, -0.1) is 0 Å². The Morgan fingerprint density at radius 1 is 0.466 bits per heavy atom. The lowest BCUT2D eigenvalue weighted by Gasteiger charge is -2.38. The largest absolute Gasteiger partial charge is 0.492 e. The van der Waals surface area contributed by atoms with Crippen LogP contribution < -0.4 is 0 Å². The van der Waals surface area contributed by atoms with Crippen LogP contribution >= 0.6 is 0 Å². The number of allylic oxidation sites excluding steroid dienone is 12. The van der Waals surface area contributed by atoms with Crippen LogP contribution in [0, 0.1) is 94.7 Å². The Kier molecular flexibility index (Phi) is 8.69. The maximum Gasteiger partial charge on any atom is 0.214 e. The zero-order valence-electron chi connectivity index (χ0n) is 35.6. The number of hydrogen-bond acceptors (Lipinski definition) is 6. The van der Waals surface area contributed by atoms with Gasteiger partial charge in [0.05, 0.1) is 36.3 Å². The molecule has 0 radical (unpaired) electrons. The normalized spacial score (nSPS) is 53.1. The average Bonchev–Trinajstić information content (AvgIpc) is 4.04. The summed E-state index contributed by atoms with van der Waals surface area (Å²) in [7, 11) is 0. The van der Waals surface area contributed by atoms with Crippen molar-refractivity contribution >= 4 is 0 Å². The molecule has 8 bridgehead atoms. The Morgan fingerprint density at radius 2 is 0.845 bits per heavy atom. The summed E-state index contributed by atoms with van der Waals surface area (Å²) in [4.78, 5) is 0. The third-order valence-electron chi connectivity index (χ3n) is 18.2. The molecular weight excluding hydrogens is 721 g/mol. The third kappa shape index (κ3) is 5.40. The van der Waals surface area contributed by atoms with E-state index < -0.39 is 0 Å². The molecular formula is C52H68O6. The minimum Gasteiger partial charge on any atom is -0.492 e. The van der Waals surface area contributed by atoms with Gasteiger partial charge in [-0.2, -0.15) is 0 Å². The van der Waals surface area contributed by atoms with E-state index in [1.807, 2.05) is 0 Å². The zero-order chi connectivity index (χ0) is 39.9. The van der Waals surface area contributed by atoms with Crippen molar-refractivity contribution in [2.45, 2.75) is 115 Å². The summed E-state index contributed by atoms with van der Waals surface area (Å²) in [6, 6.07) is 0. The van der Waals surface area contributed by atoms with Crippen LogP contribution in [0.2, 0.25) is 0 Å². The summed E-state index contributed by atoms with van der Waals surface area (Å²) in [6.45, 7) is 27.0. The van der Waals surface area contributed by atoms with Gasteiger partial charge in [-0.1, -0.05) is 81.8 Å². The smallest absolute Gasteiger partial charge is 0.214 e. The summed E-state index contributed by atoms with van der Waals surface area (Å²) < 4.78 is 35.9. The molecule has 19 atom stereocenters. The van der Waals surface area contributed by atoms with Crippen molar-refractivity contribution in [2.24, 2.45) is 94.7 Å². The van der Waals surface area contributed by atoms with Gasteiger partial charge in [-0.05, 0) is 119 Å². The van der Waals surface area contributed by atoms with E-state index in [1.54, 1.807) is 0 Å². The lowest BCUT2D eigenvalue weighted by atomic mass is 9.74. The van der Waals surface area contributed by atoms with E-state index in [9.17, 15) is 0 Å². The van der Waals surface area contributed by atoms with Gasteiger partial charge in [-0.25, -0.2) is 0 Å². The van der Waals surface area contributed by atoms with Crippen molar-refractivity contribution in [2.75, 3.05) is 13.2 Å². The standard InChI is InChI=1S/C14H18O2.C13H16O2.C13H18O.C12H16O/c1-9-12-10-4-5-11(8-10)13(12)14(16-9)6-2-3-7-15-14;1-8-11-9-3-4-10(7-9)12(11)13(15-8)5-2-6-14-13;1-4-13(3)12-10-6-5-9(7-10)11(12)8(2)14-13;1-7-10-8-4-5-9(6-8)11(10)12(2,3)13-7/h4-5,10-13H,1-3,6-8H2;3-4,9-12H,1-2,5-7H2;5-6,9-12H,2,4,7H2,1,3H3;4-5,8-11H,1,6H2,2-3H3. The highest BCUT2D eigenvalue weighted by Crippen LogP contribution is 2.65. The van der Waals surface area contributed by atoms with Crippen LogP contribution in [0.1, 0.15) is 91.9 Å². The maximum atomic E-state index is 6.08. The van der Waals surface area contributed by atoms with Gasteiger partial charge < -0.3 is 28.4 Å². The van der Waals surface area contributed by atoms with Crippen LogP contribution in [0.4, 0.5) is 0 Å². The number of ether oxygens (including phenoxy) is 6. The first-order valence-electron chi connectivity index (χ1n) is 23.4. The Morgan fingerprint density at radius 3 is 1.28 bits per heavy atom. The SMILES string of the molecule is C=C1OC(C)(C)C2C3C=CC(C3)C12.C=C1OC(C)(CC)C2C3C=CC(C3)C12.C=C1OC2(CCCCO2)C2C3C=CC(C3)C12.C=C1OC2(CCCO2)C2C3C=CC(C3)C12. The second kappa shape index (κ2) is 13.3. The van der Waals surface area contributed by atoms with Crippen molar-refractivity contribution in [1.82, 2.24) is 0 Å². The minimum atomic E-state index is -0.301. The van der Waals surface area contributed by atoms with Crippen LogP contribution in [0.5, 0.6) is 0 Å². The highest BCUT2D eigenvalue weighted by molar-refractivity contribution is 5.29. The van der Waals surface area contributed by atoms with Crippen molar-refractivity contribution in [3.63, 3.8) is 0 Å². The van der Waals surface area contributed by atoms with E-state index in [1.165, 1.54) is 38.5 Å². The van der Waals surface area contributed by atoms with Crippen LogP contribution in [-0.2, 0) is 28.4 Å². The molecule has 14 rings (SSSR count). The molecule has 0 aromatic heterocycles. The molecule has 2 spiro atoms. The van der Waals surface area contributed by atoms with Gasteiger partial charge >= 0.3 is 0 Å². The summed E-state index contributed by atoms with van der Waals surface area (Å²) in [6.07, 6.45) is 31.0. The van der Waals surface area contributed by atoms with Gasteiger partial charge in [0.15, 0.2) is 0 Å². The van der Waals surface area contributed by atoms with Crippen LogP contribution in [-0.4, -0.2) is 36.0 Å². The molecule has 6 heterocycles. The molecule has 19 unspecified atom stereocenters. The second-order valence-electron chi connectivity index (χ2n) is 21.4. The fraction of sp³-hybridized carbons (Fsp3) is 0.692. The molecule has 0 amide bonds. The summed E-state index contributed by atoms with van der Waals surface area (Å²) in [5.41, 5.74) is 0.0812.